The minimum atomic E-state index is 0.159. The number of hydrogen-bond acceptors (Lipinski definition) is 5. The maximum atomic E-state index is 13.7. The van der Waals surface area contributed by atoms with Crippen LogP contribution in [0.5, 0.6) is 0 Å². The van der Waals surface area contributed by atoms with E-state index in [9.17, 15) is 4.79 Å². The minimum absolute atomic E-state index is 0.159. The summed E-state index contributed by atoms with van der Waals surface area (Å²) in [5, 5.41) is 0.876. The summed E-state index contributed by atoms with van der Waals surface area (Å²) in [5.74, 6) is 0.159. The third kappa shape index (κ3) is 5.93. The first-order chi connectivity index (χ1) is 16.7. The van der Waals surface area contributed by atoms with Crippen molar-refractivity contribution in [1.82, 2.24) is 14.8 Å². The van der Waals surface area contributed by atoms with Crippen LogP contribution in [0.15, 0.2) is 60.7 Å². The topological polar surface area (TPSA) is 39.7 Å². The Kier molecular flexibility index (Phi) is 7.69. The largest absolute Gasteiger partial charge is 0.298 e. The monoisotopic (exact) mass is 474 g/mol. The van der Waals surface area contributed by atoms with Gasteiger partial charge in [0.05, 0.1) is 18.8 Å². The van der Waals surface area contributed by atoms with Crippen LogP contribution in [-0.4, -0.2) is 53.4 Å². The molecule has 5 rings (SSSR count). The lowest BCUT2D eigenvalue weighted by molar-refractivity contribution is -0.119. The van der Waals surface area contributed by atoms with Gasteiger partial charge in [0.25, 0.3) is 0 Å². The molecule has 3 aromatic rings. The van der Waals surface area contributed by atoms with Gasteiger partial charge in [0.1, 0.15) is 0 Å². The summed E-state index contributed by atoms with van der Waals surface area (Å²) in [7, 11) is 0. The minimum Gasteiger partial charge on any atom is -0.298 e. The second-order valence-electron chi connectivity index (χ2n) is 9.43. The summed E-state index contributed by atoms with van der Waals surface area (Å²) in [6, 6.07) is 21.0. The Balaban J connectivity index is 1.26. The van der Waals surface area contributed by atoms with Crippen molar-refractivity contribution in [2.75, 3.05) is 37.6 Å². The third-order valence-electron chi connectivity index (χ3n) is 6.84. The molecular formula is C28H34N4OS. The lowest BCUT2D eigenvalue weighted by Crippen LogP contribution is -2.41. The number of hydrogen-bond donors (Lipinski definition) is 0. The smallest absolute Gasteiger partial charge is 0.243 e. The van der Waals surface area contributed by atoms with Crippen LogP contribution >= 0.6 is 11.3 Å². The molecule has 0 bridgehead atoms. The van der Waals surface area contributed by atoms with Gasteiger partial charge in [-0.3, -0.25) is 19.5 Å². The van der Waals surface area contributed by atoms with E-state index >= 15 is 0 Å². The molecule has 6 heteroatoms. The van der Waals surface area contributed by atoms with Crippen molar-refractivity contribution in [2.24, 2.45) is 0 Å². The molecule has 0 unspecified atom stereocenters. The first-order valence-electron chi connectivity index (χ1n) is 12.6. The van der Waals surface area contributed by atoms with Gasteiger partial charge in [-0.15, -0.1) is 11.3 Å². The molecule has 2 aliphatic rings. The number of nitrogens with zero attached hydrogens (tertiary/aromatic N) is 4. The number of rotatable bonds is 7. The van der Waals surface area contributed by atoms with E-state index in [1.807, 2.05) is 23.1 Å². The predicted molar refractivity (Wildman–Crippen MR) is 139 cm³/mol. The zero-order chi connectivity index (χ0) is 23.2. The van der Waals surface area contributed by atoms with E-state index in [2.05, 4.69) is 52.3 Å². The molecule has 1 aliphatic carbocycles. The van der Waals surface area contributed by atoms with E-state index in [4.69, 9.17) is 4.98 Å². The molecular weight excluding hydrogens is 440 g/mol. The van der Waals surface area contributed by atoms with E-state index in [0.717, 1.165) is 62.7 Å². The standard InChI is InChI=1S/C28H34N4OS/c33-27(22-31-17-9-16-30(18-19-31)20-23-10-3-1-4-11-23)32(21-24-12-5-2-6-13-24)28-29-25-14-7-8-15-26(25)34-28/h1-6,10-13H,7-9,14-22H2. The lowest BCUT2D eigenvalue weighted by Gasteiger charge is -2.25. The zero-order valence-corrected chi connectivity index (χ0v) is 20.7. The van der Waals surface area contributed by atoms with E-state index in [-0.39, 0.29) is 5.91 Å². The van der Waals surface area contributed by atoms with Gasteiger partial charge in [-0.25, -0.2) is 4.98 Å². The number of benzene rings is 2. The van der Waals surface area contributed by atoms with Crippen LogP contribution in [0.2, 0.25) is 0 Å². The fourth-order valence-electron chi connectivity index (χ4n) is 4.94. The van der Waals surface area contributed by atoms with Gasteiger partial charge in [-0.1, -0.05) is 60.7 Å². The van der Waals surface area contributed by atoms with Crippen LogP contribution in [0.3, 0.4) is 0 Å². The van der Waals surface area contributed by atoms with Crippen molar-refractivity contribution >= 4 is 22.4 Å². The predicted octanol–water partition coefficient (Wildman–Crippen LogP) is 4.76. The van der Waals surface area contributed by atoms with Gasteiger partial charge in [0.2, 0.25) is 5.91 Å². The fourth-order valence-corrected chi connectivity index (χ4v) is 6.11. The third-order valence-corrected chi connectivity index (χ3v) is 8.02. The Morgan fingerprint density at radius 2 is 1.50 bits per heavy atom. The molecule has 1 saturated heterocycles. The number of thiazole rings is 1. The molecule has 2 heterocycles. The van der Waals surface area contributed by atoms with Gasteiger partial charge in [0, 0.05) is 24.5 Å². The molecule has 1 fully saturated rings. The Hall–Kier alpha value is -2.54. The molecule has 0 N–H and O–H groups in total. The van der Waals surface area contributed by atoms with Crippen molar-refractivity contribution in [1.29, 1.82) is 0 Å². The van der Waals surface area contributed by atoms with Crippen LogP contribution in [0.4, 0.5) is 5.13 Å². The molecule has 0 spiro atoms. The highest BCUT2D eigenvalue weighted by Crippen LogP contribution is 2.32. The second kappa shape index (κ2) is 11.3. The van der Waals surface area contributed by atoms with Crippen molar-refractivity contribution in [3.8, 4) is 0 Å². The fraction of sp³-hybridized carbons (Fsp3) is 0.429. The highest BCUT2D eigenvalue weighted by atomic mass is 32.1. The van der Waals surface area contributed by atoms with Crippen molar-refractivity contribution in [2.45, 2.75) is 45.2 Å². The van der Waals surface area contributed by atoms with E-state index in [1.165, 1.54) is 29.0 Å². The normalized spacial score (nSPS) is 17.2. The Morgan fingerprint density at radius 1 is 0.824 bits per heavy atom. The molecule has 0 radical (unpaired) electrons. The van der Waals surface area contributed by atoms with Gasteiger partial charge < -0.3 is 0 Å². The average molecular weight is 475 g/mol. The number of aryl methyl sites for hydroxylation is 2. The maximum absolute atomic E-state index is 13.7. The summed E-state index contributed by atoms with van der Waals surface area (Å²) < 4.78 is 0. The molecule has 2 aromatic carbocycles. The number of carbonyl (C=O) groups is 1. The van der Waals surface area contributed by atoms with Crippen molar-refractivity contribution < 1.29 is 4.79 Å². The summed E-state index contributed by atoms with van der Waals surface area (Å²) in [6.45, 7) is 5.97. The molecule has 1 amide bonds. The lowest BCUT2D eigenvalue weighted by atomic mass is 10.0. The van der Waals surface area contributed by atoms with Gasteiger partial charge in [0.15, 0.2) is 5.13 Å². The molecule has 178 valence electrons. The SMILES string of the molecule is O=C(CN1CCCN(Cc2ccccc2)CC1)N(Cc1ccccc1)c1nc2c(s1)CCCC2. The van der Waals surface area contributed by atoms with E-state index in [1.54, 1.807) is 11.3 Å². The number of carbonyl (C=O) groups excluding carboxylic acids is 1. The second-order valence-corrected chi connectivity index (χ2v) is 10.5. The molecule has 0 atom stereocenters. The van der Waals surface area contributed by atoms with Gasteiger partial charge in [-0.05, 0) is 56.3 Å². The summed E-state index contributed by atoms with van der Waals surface area (Å²) >= 11 is 1.73. The summed E-state index contributed by atoms with van der Waals surface area (Å²) in [5.41, 5.74) is 3.71. The van der Waals surface area contributed by atoms with Crippen LogP contribution in [-0.2, 0) is 30.7 Å². The molecule has 1 aromatic heterocycles. The number of aromatic nitrogens is 1. The quantitative estimate of drug-likeness (QED) is 0.495. The zero-order valence-electron chi connectivity index (χ0n) is 19.9. The molecule has 1 aliphatic heterocycles. The highest BCUT2D eigenvalue weighted by molar-refractivity contribution is 7.15. The first-order valence-corrected chi connectivity index (χ1v) is 13.4. The van der Waals surface area contributed by atoms with Crippen LogP contribution in [0, 0.1) is 0 Å². The molecule has 34 heavy (non-hydrogen) atoms. The first kappa shape index (κ1) is 23.2. The van der Waals surface area contributed by atoms with Crippen LogP contribution in [0.1, 0.15) is 41.0 Å². The number of amides is 1. The highest BCUT2D eigenvalue weighted by Gasteiger charge is 2.26. The van der Waals surface area contributed by atoms with E-state index < -0.39 is 0 Å². The van der Waals surface area contributed by atoms with Crippen LogP contribution < -0.4 is 4.90 Å². The number of fused-ring (bicyclic) bond motifs is 1. The Labute approximate surface area is 207 Å². The summed E-state index contributed by atoms with van der Waals surface area (Å²) in [4.78, 5) is 26.7. The van der Waals surface area contributed by atoms with Crippen molar-refractivity contribution in [3.05, 3.63) is 82.4 Å². The van der Waals surface area contributed by atoms with Gasteiger partial charge >= 0.3 is 0 Å². The Bertz CT molecular complexity index is 1050. The van der Waals surface area contributed by atoms with Crippen LogP contribution in [0.25, 0.3) is 0 Å². The molecule has 0 saturated carbocycles. The van der Waals surface area contributed by atoms with Gasteiger partial charge in [-0.2, -0.15) is 0 Å². The average Bonchev–Trinajstić information content (AvgIpc) is 3.18. The summed E-state index contributed by atoms with van der Waals surface area (Å²) in [6.07, 6.45) is 5.67. The van der Waals surface area contributed by atoms with Crippen molar-refractivity contribution in [3.63, 3.8) is 0 Å². The van der Waals surface area contributed by atoms with E-state index in [0.29, 0.717) is 13.1 Å². The molecule has 5 nitrogen and oxygen atoms in total. The number of anilines is 1. The Morgan fingerprint density at radius 3 is 2.26 bits per heavy atom. The maximum Gasteiger partial charge on any atom is 0.243 e.